The van der Waals surface area contributed by atoms with E-state index in [1.807, 2.05) is 11.0 Å². The quantitative estimate of drug-likeness (QED) is 0.0798. The van der Waals surface area contributed by atoms with Crippen LogP contribution in [0.1, 0.15) is 52.8 Å². The number of piperidine rings is 2. The number of fused-ring (bicyclic) bond motifs is 2. The number of hydrogen-bond donors (Lipinski definition) is 3. The summed E-state index contributed by atoms with van der Waals surface area (Å²) in [5, 5.41) is 9.68. The Balaban J connectivity index is 0.778. The molecule has 1 atom stereocenters. The third-order valence-electron chi connectivity index (χ3n) is 12.7. The molecule has 350 valence electrons. The van der Waals surface area contributed by atoms with Crippen molar-refractivity contribution in [2.24, 2.45) is 5.92 Å². The monoisotopic (exact) mass is 1040 g/mol. The Bertz CT molecular complexity index is 2860. The minimum Gasteiger partial charge on any atom is -0.369 e. The molecule has 4 amide bonds. The van der Waals surface area contributed by atoms with Crippen LogP contribution in [-0.2, 0) is 23.2 Å². The molecule has 6 heterocycles. The molecule has 0 radical (unpaired) electrons. The first-order valence-electron chi connectivity index (χ1n) is 21.5. The van der Waals surface area contributed by atoms with E-state index in [1.165, 1.54) is 32.7 Å². The first-order chi connectivity index (χ1) is 32.2. The molecule has 67 heavy (non-hydrogen) atoms. The number of benzene rings is 3. The van der Waals surface area contributed by atoms with Crippen LogP contribution in [0.5, 0.6) is 0 Å². The van der Waals surface area contributed by atoms with Gasteiger partial charge in [0.05, 0.1) is 53.9 Å². The summed E-state index contributed by atoms with van der Waals surface area (Å²) in [5.74, 6) is -2.16. The van der Waals surface area contributed by atoms with Crippen molar-refractivity contribution in [3.63, 3.8) is 0 Å². The molecule has 0 aliphatic carbocycles. The maximum atomic E-state index is 15.5. The Hall–Kier alpha value is -5.34. The number of carbonyl (C=O) groups excluding carboxylic acids is 4. The van der Waals surface area contributed by atoms with Gasteiger partial charge in [-0.05, 0) is 90.5 Å². The van der Waals surface area contributed by atoms with Crippen molar-refractivity contribution < 1.29 is 37.2 Å². The normalized spacial score (nSPS) is 18.5. The molecular weight excluding hydrogens is 995 g/mol. The summed E-state index contributed by atoms with van der Waals surface area (Å²) in [6.07, 6.45) is 7.30. The van der Waals surface area contributed by atoms with E-state index in [2.05, 4.69) is 61.6 Å². The lowest BCUT2D eigenvalue weighted by molar-refractivity contribution is -0.136. The van der Waals surface area contributed by atoms with Crippen molar-refractivity contribution in [1.29, 1.82) is 0 Å². The fourth-order valence-corrected chi connectivity index (χ4v) is 11.2. The summed E-state index contributed by atoms with van der Waals surface area (Å²) in [6.45, 7) is 5.25. The van der Waals surface area contributed by atoms with E-state index in [4.69, 9.17) is 32.2 Å². The van der Waals surface area contributed by atoms with Gasteiger partial charge in [0.25, 0.3) is 11.8 Å². The smallest absolute Gasteiger partial charge is 0.365 e. The molecule has 18 nitrogen and oxygen atoms in total. The number of rotatable bonds is 13. The summed E-state index contributed by atoms with van der Waals surface area (Å²) in [5.41, 5.74) is 2.80. The molecule has 1 unspecified atom stereocenters. The first-order valence-corrected chi connectivity index (χ1v) is 24.6. The van der Waals surface area contributed by atoms with E-state index < -0.39 is 43.1 Å². The maximum absolute atomic E-state index is 15.5. The van der Waals surface area contributed by atoms with Crippen molar-refractivity contribution in [3.8, 4) is 0 Å². The van der Waals surface area contributed by atoms with Crippen LogP contribution in [-0.4, -0.2) is 119 Å². The number of imide groups is 2. The summed E-state index contributed by atoms with van der Waals surface area (Å²) in [4.78, 5) is 75.8. The molecule has 2 aromatic heterocycles. The highest BCUT2D eigenvalue weighted by Crippen LogP contribution is 2.49. The average molecular weight is 1040 g/mol. The van der Waals surface area contributed by atoms with E-state index in [-0.39, 0.29) is 40.9 Å². The molecule has 0 saturated carbocycles. The van der Waals surface area contributed by atoms with Gasteiger partial charge in [-0.3, -0.25) is 48.8 Å². The zero-order valence-electron chi connectivity index (χ0n) is 36.2. The second kappa shape index (κ2) is 19.3. The zero-order valence-corrected chi connectivity index (χ0v) is 40.2. The number of carbonyl (C=O) groups is 4. The standard InChI is InChI=1S/C44H44BrCl2FN11O7P/c1-65-67(64,66-2)39-32(4-3-31-38(39)50-11-10-49-31)52-40-27(45)23-51-44(55-40)53-33-21-29(47)35(22-28(33)46)58-17-15-56(16-18-58)12-7-24-8-13-57(14-9-24)36-20-26-25(19-30(36)48)42(62)59(43(26)63)34-5-6-37(60)54-41(34)61/h3-4,10-11,19-24,34H,5-9,12-18H2,1-2H3,(H,54,60,61)(H2,51,52,53,55). The van der Waals surface area contributed by atoms with Crippen LogP contribution in [0.15, 0.2) is 59.5 Å². The Labute approximate surface area is 402 Å². The van der Waals surface area contributed by atoms with Gasteiger partial charge in [0.15, 0.2) is 0 Å². The zero-order chi connectivity index (χ0) is 47.1. The number of nitrogens with zero attached hydrogens (tertiary/aromatic N) is 8. The molecule has 3 N–H and O–H groups in total. The van der Waals surface area contributed by atoms with Gasteiger partial charge in [0.1, 0.15) is 28.5 Å². The minimum atomic E-state index is -3.82. The van der Waals surface area contributed by atoms with E-state index in [0.717, 1.165) is 68.6 Å². The lowest BCUT2D eigenvalue weighted by Gasteiger charge is -2.38. The molecule has 5 aromatic rings. The first kappa shape index (κ1) is 46.8. The summed E-state index contributed by atoms with van der Waals surface area (Å²) in [6, 6.07) is 8.41. The van der Waals surface area contributed by atoms with Crippen molar-refractivity contribution in [2.75, 3.05) is 80.5 Å². The van der Waals surface area contributed by atoms with Gasteiger partial charge in [0, 0.05) is 78.5 Å². The molecule has 3 aromatic carbocycles. The van der Waals surface area contributed by atoms with Crippen molar-refractivity contribution in [3.05, 3.63) is 86.5 Å². The number of nitrogens with one attached hydrogen (secondary N) is 3. The lowest BCUT2D eigenvalue weighted by atomic mass is 9.92. The second-order valence-electron chi connectivity index (χ2n) is 16.5. The number of hydrogen-bond acceptors (Lipinski definition) is 16. The fraction of sp³-hybridized carbons (Fsp3) is 0.364. The molecule has 3 saturated heterocycles. The predicted octanol–water partition coefficient (Wildman–Crippen LogP) is 7.06. The number of amides is 4. The van der Waals surface area contributed by atoms with Crippen molar-refractivity contribution in [1.82, 2.24) is 35.1 Å². The third kappa shape index (κ3) is 9.32. The Morgan fingerprint density at radius 3 is 2.25 bits per heavy atom. The van der Waals surface area contributed by atoms with Crippen LogP contribution < -0.4 is 31.1 Å². The van der Waals surface area contributed by atoms with Gasteiger partial charge in [-0.15, -0.1) is 0 Å². The highest BCUT2D eigenvalue weighted by atomic mass is 79.9. The number of piperazine rings is 1. The predicted molar refractivity (Wildman–Crippen MR) is 255 cm³/mol. The van der Waals surface area contributed by atoms with Crippen LogP contribution in [0.2, 0.25) is 10.0 Å². The lowest BCUT2D eigenvalue weighted by Crippen LogP contribution is -2.54. The van der Waals surface area contributed by atoms with Gasteiger partial charge in [-0.1, -0.05) is 23.2 Å². The molecule has 0 spiro atoms. The fourth-order valence-electron chi connectivity index (χ4n) is 9.06. The van der Waals surface area contributed by atoms with Gasteiger partial charge < -0.3 is 29.5 Å². The largest absolute Gasteiger partial charge is 0.369 e. The highest BCUT2D eigenvalue weighted by molar-refractivity contribution is 9.10. The van der Waals surface area contributed by atoms with Crippen molar-refractivity contribution in [2.45, 2.75) is 38.1 Å². The number of aromatic nitrogens is 4. The molecule has 4 aliphatic heterocycles. The topological polar surface area (TPSA) is 204 Å². The second-order valence-corrected chi connectivity index (χ2v) is 20.4. The van der Waals surface area contributed by atoms with Crippen LogP contribution in [0, 0.1) is 11.7 Å². The number of anilines is 6. The molecule has 9 rings (SSSR count). The van der Waals surface area contributed by atoms with Crippen LogP contribution in [0.25, 0.3) is 11.0 Å². The summed E-state index contributed by atoms with van der Waals surface area (Å²) in [7, 11) is -1.22. The Morgan fingerprint density at radius 1 is 0.836 bits per heavy atom. The van der Waals surface area contributed by atoms with Gasteiger partial charge in [-0.25, -0.2) is 9.37 Å². The SMILES string of the molecule is COP(=O)(OC)c1c(Nc2nc(Nc3cc(Cl)c(N4CCN(CCC5CCN(c6cc7c(cc6F)C(=O)N(C6CCC(=O)NC6=O)C7=O)CC5)CC4)cc3Cl)ncc2Br)ccc2nccnc12. The van der Waals surface area contributed by atoms with Gasteiger partial charge in [-0.2, -0.15) is 4.98 Å². The average Bonchev–Trinajstić information content (AvgIpc) is 3.56. The molecular formula is C44H44BrCl2FN11O7P. The van der Waals surface area contributed by atoms with E-state index >= 15 is 4.39 Å². The Kier molecular flexibility index (Phi) is 13.5. The highest BCUT2D eigenvalue weighted by Gasteiger charge is 2.45. The van der Waals surface area contributed by atoms with Crippen molar-refractivity contribution >= 4 is 121 Å². The summed E-state index contributed by atoms with van der Waals surface area (Å²) >= 11 is 17.2. The number of halogens is 4. The Morgan fingerprint density at radius 2 is 1.54 bits per heavy atom. The van der Waals surface area contributed by atoms with E-state index in [0.29, 0.717) is 61.8 Å². The van der Waals surface area contributed by atoms with Gasteiger partial charge >= 0.3 is 7.60 Å². The third-order valence-corrected chi connectivity index (χ3v) is 15.8. The molecule has 0 bridgehead atoms. The maximum Gasteiger partial charge on any atom is 0.365 e. The molecule has 3 fully saturated rings. The van der Waals surface area contributed by atoms with Crippen LogP contribution in [0.3, 0.4) is 0 Å². The van der Waals surface area contributed by atoms with E-state index in [1.54, 1.807) is 24.4 Å². The molecule has 23 heteroatoms. The van der Waals surface area contributed by atoms with Crippen LogP contribution in [0.4, 0.5) is 38.9 Å². The van der Waals surface area contributed by atoms with Gasteiger partial charge in [0.2, 0.25) is 17.8 Å². The minimum absolute atomic E-state index is 0.00773. The van der Waals surface area contributed by atoms with E-state index in [9.17, 15) is 23.7 Å². The van der Waals surface area contributed by atoms with Crippen LogP contribution >= 0.6 is 46.7 Å². The summed E-state index contributed by atoms with van der Waals surface area (Å²) < 4.78 is 40.5. The molecule has 4 aliphatic rings.